The summed E-state index contributed by atoms with van der Waals surface area (Å²) in [6.07, 6.45) is 2.23. The Bertz CT molecular complexity index is 941. The fourth-order valence-electron chi connectivity index (χ4n) is 2.71. The molecule has 0 aliphatic carbocycles. The van der Waals surface area contributed by atoms with E-state index in [-0.39, 0.29) is 5.56 Å². The number of likely N-dealkylation sites (N-methyl/N-ethyl adjacent to an activating group) is 1. The molecule has 0 aliphatic heterocycles. The Morgan fingerprint density at radius 3 is 2.79 bits per heavy atom. The van der Waals surface area contributed by atoms with Crippen molar-refractivity contribution in [1.82, 2.24) is 29.2 Å². The largest absolute Gasteiger partial charge is 0.367 e. The van der Waals surface area contributed by atoms with Crippen LogP contribution in [0.4, 0.5) is 5.82 Å². The highest BCUT2D eigenvalue weighted by atomic mass is 16.1. The van der Waals surface area contributed by atoms with Gasteiger partial charge in [-0.1, -0.05) is 6.92 Å². The van der Waals surface area contributed by atoms with Crippen LogP contribution in [0.25, 0.3) is 16.7 Å². The van der Waals surface area contributed by atoms with Gasteiger partial charge in [0, 0.05) is 19.0 Å². The van der Waals surface area contributed by atoms with E-state index in [1.807, 2.05) is 32.3 Å². The molecule has 24 heavy (non-hydrogen) atoms. The summed E-state index contributed by atoms with van der Waals surface area (Å²) in [5.41, 5.74) is 2.35. The van der Waals surface area contributed by atoms with E-state index in [0.29, 0.717) is 40.8 Å². The maximum atomic E-state index is 12.5. The maximum absolute atomic E-state index is 12.5. The zero-order valence-electron chi connectivity index (χ0n) is 14.7. The minimum absolute atomic E-state index is 0.175. The Hall–Kier alpha value is -2.48. The molecule has 2 N–H and O–H groups in total. The van der Waals surface area contributed by atoms with Crippen molar-refractivity contribution >= 4 is 22.5 Å². The molecule has 3 aromatic rings. The van der Waals surface area contributed by atoms with Gasteiger partial charge in [-0.15, -0.1) is 0 Å². The van der Waals surface area contributed by atoms with E-state index in [1.54, 1.807) is 0 Å². The van der Waals surface area contributed by atoms with E-state index in [4.69, 9.17) is 0 Å². The van der Waals surface area contributed by atoms with Crippen molar-refractivity contribution in [2.45, 2.75) is 33.2 Å². The second-order valence-electron chi connectivity index (χ2n) is 6.22. The first kappa shape index (κ1) is 16.4. The van der Waals surface area contributed by atoms with Crippen LogP contribution in [0.1, 0.15) is 25.4 Å². The number of hydrogen-bond acceptors (Lipinski definition) is 6. The molecule has 0 spiro atoms. The van der Waals surface area contributed by atoms with E-state index in [9.17, 15) is 4.79 Å². The summed E-state index contributed by atoms with van der Waals surface area (Å²) in [5, 5.41) is 3.31. The van der Waals surface area contributed by atoms with Crippen LogP contribution in [0, 0.1) is 6.92 Å². The van der Waals surface area contributed by atoms with Crippen molar-refractivity contribution in [3.63, 3.8) is 0 Å². The molecule has 128 valence electrons. The van der Waals surface area contributed by atoms with Crippen LogP contribution < -0.4 is 10.9 Å². The molecule has 3 rings (SSSR count). The molecule has 0 radical (unpaired) electrons. The molecule has 0 saturated heterocycles. The van der Waals surface area contributed by atoms with Gasteiger partial charge >= 0.3 is 0 Å². The number of rotatable bonds is 5. The summed E-state index contributed by atoms with van der Waals surface area (Å²) >= 11 is 0. The summed E-state index contributed by atoms with van der Waals surface area (Å²) in [6, 6.07) is 0.326. The fraction of sp³-hybridized carbons (Fsp3) is 0.500. The lowest BCUT2D eigenvalue weighted by Gasteiger charge is -2.20. The van der Waals surface area contributed by atoms with Crippen molar-refractivity contribution in [1.29, 1.82) is 0 Å². The minimum atomic E-state index is -0.175. The number of H-pyrrole nitrogens is 1. The van der Waals surface area contributed by atoms with Crippen LogP contribution in [0.2, 0.25) is 0 Å². The van der Waals surface area contributed by atoms with Gasteiger partial charge < -0.3 is 15.2 Å². The van der Waals surface area contributed by atoms with Crippen molar-refractivity contribution in [2.75, 3.05) is 26.0 Å². The molecular weight excluding hydrogens is 306 g/mol. The number of aromatic amines is 1. The molecule has 0 amide bonds. The molecule has 3 aromatic heterocycles. The monoisotopic (exact) mass is 329 g/mol. The van der Waals surface area contributed by atoms with Crippen LogP contribution in [0.15, 0.2) is 11.1 Å². The van der Waals surface area contributed by atoms with Gasteiger partial charge in [0.2, 0.25) is 0 Å². The predicted octanol–water partition coefficient (Wildman–Crippen LogP) is 1.20. The normalized spacial score (nSPS) is 13.1. The van der Waals surface area contributed by atoms with E-state index in [0.717, 1.165) is 12.2 Å². The third kappa shape index (κ3) is 2.62. The molecule has 1 atom stereocenters. The fourth-order valence-corrected chi connectivity index (χ4v) is 2.71. The Labute approximate surface area is 140 Å². The van der Waals surface area contributed by atoms with Crippen LogP contribution in [0.5, 0.6) is 0 Å². The van der Waals surface area contributed by atoms with E-state index >= 15 is 0 Å². The molecule has 3 heterocycles. The first-order chi connectivity index (χ1) is 11.4. The summed E-state index contributed by atoms with van der Waals surface area (Å²) in [5.74, 6) is 1.45. The molecule has 0 aliphatic rings. The SMILES string of the molecule is CCc1nc(C)c2c(=O)[nH]c3c(NCC(C)N(C)C)ncnc3n12. The van der Waals surface area contributed by atoms with Gasteiger partial charge in [0.25, 0.3) is 5.56 Å². The highest BCUT2D eigenvalue weighted by Crippen LogP contribution is 2.19. The zero-order valence-corrected chi connectivity index (χ0v) is 14.7. The quantitative estimate of drug-likeness (QED) is 0.731. The Morgan fingerprint density at radius 2 is 2.12 bits per heavy atom. The van der Waals surface area contributed by atoms with Crippen LogP contribution in [0.3, 0.4) is 0 Å². The minimum Gasteiger partial charge on any atom is -0.367 e. The van der Waals surface area contributed by atoms with E-state index < -0.39 is 0 Å². The topological polar surface area (TPSA) is 91.2 Å². The second kappa shape index (κ2) is 6.20. The average Bonchev–Trinajstić information content (AvgIpc) is 2.90. The molecule has 0 fully saturated rings. The van der Waals surface area contributed by atoms with Crippen molar-refractivity contribution in [2.24, 2.45) is 0 Å². The number of anilines is 1. The average molecular weight is 329 g/mol. The van der Waals surface area contributed by atoms with Crippen molar-refractivity contribution in [3.05, 3.63) is 28.2 Å². The smallest absolute Gasteiger partial charge is 0.274 e. The number of aryl methyl sites for hydroxylation is 2. The molecular formula is C16H23N7O. The van der Waals surface area contributed by atoms with Gasteiger partial charge in [-0.3, -0.25) is 9.20 Å². The molecule has 8 heteroatoms. The van der Waals surface area contributed by atoms with Crippen LogP contribution in [-0.4, -0.2) is 55.9 Å². The molecule has 0 aromatic carbocycles. The predicted molar refractivity (Wildman–Crippen MR) is 94.7 cm³/mol. The second-order valence-corrected chi connectivity index (χ2v) is 6.22. The standard InChI is InChI=1S/C16H23N7O/c1-6-11-20-10(3)13-16(24)21-12-14(17-7-9(2)22(4)5)18-8-19-15(12)23(11)13/h8-9H,6-7H2,1-5H3,(H,21,24)(H,17,18,19). The number of nitrogens with zero attached hydrogens (tertiary/aromatic N) is 5. The number of imidazole rings is 1. The van der Waals surface area contributed by atoms with Crippen molar-refractivity contribution in [3.8, 4) is 0 Å². The van der Waals surface area contributed by atoms with Gasteiger partial charge in [-0.2, -0.15) is 0 Å². The number of fused-ring (bicyclic) bond motifs is 3. The maximum Gasteiger partial charge on any atom is 0.274 e. The van der Waals surface area contributed by atoms with Crippen molar-refractivity contribution < 1.29 is 0 Å². The Morgan fingerprint density at radius 1 is 1.38 bits per heavy atom. The highest BCUT2D eigenvalue weighted by molar-refractivity contribution is 5.84. The van der Waals surface area contributed by atoms with E-state index in [2.05, 4.69) is 37.1 Å². The third-order valence-electron chi connectivity index (χ3n) is 4.38. The number of aromatic nitrogens is 5. The van der Waals surface area contributed by atoms with Crippen LogP contribution >= 0.6 is 0 Å². The Balaban J connectivity index is 2.19. The Kier molecular flexibility index (Phi) is 4.23. The lowest BCUT2D eigenvalue weighted by atomic mass is 10.3. The van der Waals surface area contributed by atoms with Gasteiger partial charge in [0.1, 0.15) is 23.2 Å². The lowest BCUT2D eigenvalue weighted by molar-refractivity contribution is 0.326. The third-order valence-corrected chi connectivity index (χ3v) is 4.38. The zero-order chi connectivity index (χ0) is 17.4. The first-order valence-electron chi connectivity index (χ1n) is 8.09. The van der Waals surface area contributed by atoms with Gasteiger partial charge in [-0.05, 0) is 27.9 Å². The molecule has 0 bridgehead atoms. The summed E-state index contributed by atoms with van der Waals surface area (Å²) in [4.78, 5) is 30.8. The molecule has 0 saturated carbocycles. The van der Waals surface area contributed by atoms with Gasteiger partial charge in [-0.25, -0.2) is 15.0 Å². The van der Waals surface area contributed by atoms with Crippen LogP contribution in [-0.2, 0) is 6.42 Å². The summed E-state index contributed by atoms with van der Waals surface area (Å²) in [6.45, 7) is 6.68. The number of nitrogens with one attached hydrogen (secondary N) is 2. The lowest BCUT2D eigenvalue weighted by Crippen LogP contribution is -2.31. The number of hydrogen-bond donors (Lipinski definition) is 2. The van der Waals surface area contributed by atoms with Gasteiger partial charge in [0.05, 0.1) is 5.69 Å². The molecule has 8 nitrogen and oxygen atoms in total. The summed E-state index contributed by atoms with van der Waals surface area (Å²) < 4.78 is 1.84. The van der Waals surface area contributed by atoms with E-state index in [1.165, 1.54) is 6.33 Å². The highest BCUT2D eigenvalue weighted by Gasteiger charge is 2.17. The van der Waals surface area contributed by atoms with Gasteiger partial charge in [0.15, 0.2) is 11.5 Å². The molecule has 1 unspecified atom stereocenters. The first-order valence-corrected chi connectivity index (χ1v) is 8.09. The summed E-state index contributed by atoms with van der Waals surface area (Å²) in [7, 11) is 4.05.